The van der Waals surface area contributed by atoms with E-state index in [2.05, 4.69) is 28.7 Å². The van der Waals surface area contributed by atoms with Crippen LogP contribution in [0.1, 0.15) is 11.1 Å². The van der Waals surface area contributed by atoms with Crippen LogP contribution in [0.5, 0.6) is 0 Å². The predicted octanol–water partition coefficient (Wildman–Crippen LogP) is 3.70. The van der Waals surface area contributed by atoms with E-state index >= 15 is 0 Å². The van der Waals surface area contributed by atoms with Gasteiger partial charge in [0.2, 0.25) is 0 Å². The van der Waals surface area contributed by atoms with Gasteiger partial charge in [-0.3, -0.25) is 0 Å². The Labute approximate surface area is 118 Å². The molecule has 17 heavy (non-hydrogen) atoms. The molecular weight excluding hydrogens is 343 g/mol. The van der Waals surface area contributed by atoms with Crippen LogP contribution in [-0.2, 0) is 0 Å². The molecule has 2 aromatic rings. The van der Waals surface area contributed by atoms with Crippen molar-refractivity contribution in [2.45, 2.75) is 0 Å². The fourth-order valence-electron chi connectivity index (χ4n) is 1.48. The molecule has 84 valence electrons. The van der Waals surface area contributed by atoms with Crippen molar-refractivity contribution >= 4 is 45.2 Å². The second-order valence-electron chi connectivity index (χ2n) is 3.41. The maximum absolute atomic E-state index is 9.23. The van der Waals surface area contributed by atoms with E-state index in [1.807, 2.05) is 41.8 Å². The lowest BCUT2D eigenvalue weighted by molar-refractivity contribution is 1.49. The van der Waals surface area contributed by atoms with Crippen molar-refractivity contribution in [1.82, 2.24) is 0 Å². The van der Waals surface area contributed by atoms with Gasteiger partial charge in [0.15, 0.2) is 0 Å². The van der Waals surface area contributed by atoms with Gasteiger partial charge >= 0.3 is 0 Å². The third kappa shape index (κ3) is 2.68. The summed E-state index contributed by atoms with van der Waals surface area (Å²) in [6.45, 7) is 0. The molecule has 1 aromatic carbocycles. The van der Waals surface area contributed by atoms with Crippen LogP contribution in [0.4, 0.5) is 0 Å². The maximum atomic E-state index is 9.23. The lowest BCUT2D eigenvalue weighted by Crippen LogP contribution is -1.99. The highest BCUT2D eigenvalue weighted by Gasteiger charge is 2.09. The predicted molar refractivity (Wildman–Crippen MR) is 80.1 cm³/mol. The van der Waals surface area contributed by atoms with Crippen molar-refractivity contribution in [3.63, 3.8) is 0 Å². The molecule has 2 N–H and O–H groups in total. The van der Waals surface area contributed by atoms with E-state index in [0.29, 0.717) is 11.3 Å². The second-order valence-corrected chi connectivity index (χ2v) is 6.21. The van der Waals surface area contributed by atoms with Crippen molar-refractivity contribution in [2.75, 3.05) is 0 Å². The maximum Gasteiger partial charge on any atom is 0.102 e. The van der Waals surface area contributed by atoms with Crippen molar-refractivity contribution in [3.8, 4) is 6.07 Å². The minimum Gasteiger partial charge on any atom is -0.397 e. The van der Waals surface area contributed by atoms with Crippen molar-refractivity contribution < 1.29 is 0 Å². The Morgan fingerprint density at radius 3 is 2.47 bits per heavy atom. The number of nitrogens with zero attached hydrogens (tertiary/aromatic N) is 1. The first kappa shape index (κ1) is 12.1. The van der Waals surface area contributed by atoms with Gasteiger partial charge in [-0.2, -0.15) is 5.26 Å². The Hall–Kier alpha value is -1.32. The molecule has 1 aromatic heterocycles. The average Bonchev–Trinajstić information content (AvgIpc) is 2.78. The highest BCUT2D eigenvalue weighted by molar-refractivity contribution is 14.1. The minimum absolute atomic E-state index is 0.528. The molecule has 0 unspecified atom stereocenters. The molecule has 1 heterocycles. The number of thiophene rings is 1. The van der Waals surface area contributed by atoms with E-state index in [9.17, 15) is 5.26 Å². The molecule has 0 amide bonds. The van der Waals surface area contributed by atoms with Crippen LogP contribution in [0.2, 0.25) is 0 Å². The fourth-order valence-corrected chi connectivity index (χ4v) is 2.83. The summed E-state index contributed by atoms with van der Waals surface area (Å²) in [4.78, 5) is 0. The topological polar surface area (TPSA) is 49.8 Å². The Morgan fingerprint density at radius 1 is 1.24 bits per heavy atom. The SMILES string of the molecule is N#C/C(=C(/N)c1csc(I)c1)c1ccccc1. The lowest BCUT2D eigenvalue weighted by atomic mass is 10.0. The number of rotatable bonds is 2. The van der Waals surface area contributed by atoms with Gasteiger partial charge < -0.3 is 5.73 Å². The zero-order valence-electron chi connectivity index (χ0n) is 8.85. The summed E-state index contributed by atoms with van der Waals surface area (Å²) in [5, 5.41) is 11.2. The highest BCUT2D eigenvalue weighted by atomic mass is 127. The average molecular weight is 352 g/mol. The number of hydrogen-bond acceptors (Lipinski definition) is 3. The van der Waals surface area contributed by atoms with E-state index in [1.165, 1.54) is 0 Å². The Kier molecular flexibility index (Phi) is 3.82. The number of nitrogens with two attached hydrogens (primary N) is 1. The third-order valence-corrected chi connectivity index (χ3v) is 4.11. The zero-order chi connectivity index (χ0) is 12.3. The summed E-state index contributed by atoms with van der Waals surface area (Å²) in [7, 11) is 0. The van der Waals surface area contributed by atoms with Gasteiger partial charge in [-0.15, -0.1) is 11.3 Å². The quantitative estimate of drug-likeness (QED) is 0.662. The molecular formula is C13H9IN2S. The Balaban J connectivity index is 2.52. The van der Waals surface area contributed by atoms with Crippen LogP contribution in [0, 0.1) is 14.2 Å². The van der Waals surface area contributed by atoms with Crippen molar-refractivity contribution in [3.05, 3.63) is 55.8 Å². The molecule has 2 rings (SSSR count). The number of allylic oxidation sites excluding steroid dienone is 1. The summed E-state index contributed by atoms with van der Waals surface area (Å²) >= 11 is 3.86. The summed E-state index contributed by atoms with van der Waals surface area (Å²) in [6, 6.07) is 13.7. The molecule has 0 aliphatic rings. The molecule has 0 atom stereocenters. The first-order valence-corrected chi connectivity index (χ1v) is 6.88. The molecule has 0 saturated heterocycles. The third-order valence-electron chi connectivity index (χ3n) is 2.32. The Bertz CT molecular complexity index is 593. The number of nitriles is 1. The van der Waals surface area contributed by atoms with E-state index in [4.69, 9.17) is 5.73 Å². The van der Waals surface area contributed by atoms with Gasteiger partial charge in [0.25, 0.3) is 0 Å². The molecule has 0 aliphatic carbocycles. The number of halogens is 1. The zero-order valence-corrected chi connectivity index (χ0v) is 11.8. The van der Waals surface area contributed by atoms with Gasteiger partial charge in [0, 0.05) is 10.9 Å². The summed E-state index contributed by atoms with van der Waals surface area (Å²) in [5.41, 5.74) is 8.89. The van der Waals surface area contributed by atoms with Gasteiger partial charge in [-0.25, -0.2) is 0 Å². The normalized spacial score (nSPS) is 11.8. The van der Waals surface area contributed by atoms with Gasteiger partial charge in [0.05, 0.1) is 14.2 Å². The van der Waals surface area contributed by atoms with Crippen LogP contribution >= 0.6 is 33.9 Å². The molecule has 0 saturated carbocycles. The second kappa shape index (κ2) is 5.34. The van der Waals surface area contributed by atoms with E-state index in [-0.39, 0.29) is 0 Å². The monoisotopic (exact) mass is 352 g/mol. The Morgan fingerprint density at radius 2 is 1.94 bits per heavy atom. The molecule has 4 heteroatoms. The van der Waals surface area contributed by atoms with E-state index in [1.54, 1.807) is 11.3 Å². The summed E-state index contributed by atoms with van der Waals surface area (Å²) in [6.07, 6.45) is 0. The van der Waals surface area contributed by atoms with Crippen LogP contribution in [0.3, 0.4) is 0 Å². The number of benzene rings is 1. The molecule has 0 spiro atoms. The van der Waals surface area contributed by atoms with Gasteiger partial charge in [-0.05, 0) is 34.2 Å². The van der Waals surface area contributed by atoms with Crippen LogP contribution < -0.4 is 5.73 Å². The smallest absolute Gasteiger partial charge is 0.102 e. The molecule has 0 radical (unpaired) electrons. The van der Waals surface area contributed by atoms with Gasteiger partial charge in [0.1, 0.15) is 6.07 Å². The molecule has 2 nitrogen and oxygen atoms in total. The lowest BCUT2D eigenvalue weighted by Gasteiger charge is -2.03. The fraction of sp³-hybridized carbons (Fsp3) is 0. The van der Waals surface area contributed by atoms with E-state index in [0.717, 1.165) is 14.0 Å². The largest absolute Gasteiger partial charge is 0.397 e. The molecule has 0 fully saturated rings. The minimum atomic E-state index is 0.528. The van der Waals surface area contributed by atoms with Crippen LogP contribution in [-0.4, -0.2) is 0 Å². The standard InChI is InChI=1S/C13H9IN2S/c14-12-6-10(8-17-12)13(16)11(7-15)9-4-2-1-3-5-9/h1-6,8H,16H2/b13-11-. The number of hydrogen-bond donors (Lipinski definition) is 1. The highest BCUT2D eigenvalue weighted by Crippen LogP contribution is 2.26. The first-order chi connectivity index (χ1) is 8.22. The van der Waals surface area contributed by atoms with Crippen molar-refractivity contribution in [1.29, 1.82) is 5.26 Å². The van der Waals surface area contributed by atoms with Gasteiger partial charge in [-0.1, -0.05) is 30.3 Å². The van der Waals surface area contributed by atoms with Crippen LogP contribution in [0.15, 0.2) is 41.8 Å². The van der Waals surface area contributed by atoms with Crippen LogP contribution in [0.25, 0.3) is 11.3 Å². The van der Waals surface area contributed by atoms with Crippen molar-refractivity contribution in [2.24, 2.45) is 5.73 Å². The summed E-state index contributed by atoms with van der Waals surface area (Å²) in [5.74, 6) is 0. The molecule has 0 aliphatic heterocycles. The summed E-state index contributed by atoms with van der Waals surface area (Å²) < 4.78 is 1.16. The first-order valence-electron chi connectivity index (χ1n) is 4.92. The molecule has 0 bridgehead atoms. The van der Waals surface area contributed by atoms with E-state index < -0.39 is 0 Å².